The number of nitrogens with zero attached hydrogens (tertiary/aromatic N) is 1. The number of nitrogens with one attached hydrogen (secondary N) is 1. The minimum atomic E-state index is -0.434. The van der Waals surface area contributed by atoms with Crippen molar-refractivity contribution in [1.29, 1.82) is 0 Å². The summed E-state index contributed by atoms with van der Waals surface area (Å²) in [6.07, 6.45) is 0.752. The number of para-hydroxylation sites is 1. The van der Waals surface area contributed by atoms with Crippen LogP contribution in [0.4, 0.5) is 5.00 Å². The van der Waals surface area contributed by atoms with Crippen molar-refractivity contribution >= 4 is 39.2 Å². The van der Waals surface area contributed by atoms with E-state index in [1.165, 1.54) is 18.4 Å². The van der Waals surface area contributed by atoms with Gasteiger partial charge in [-0.2, -0.15) is 0 Å². The third-order valence-corrected chi connectivity index (χ3v) is 6.36. The lowest BCUT2D eigenvalue weighted by atomic mass is 10.0. The molecule has 2 aromatic heterocycles. The number of likely N-dealkylation sites (N-methyl/N-ethyl adjacent to an activating group) is 1. The predicted molar refractivity (Wildman–Crippen MR) is 116 cm³/mol. The molecule has 30 heavy (non-hydrogen) atoms. The largest absolute Gasteiger partial charge is 0.490 e. The Morgan fingerprint density at radius 1 is 1.30 bits per heavy atom. The fourth-order valence-corrected chi connectivity index (χ4v) is 4.99. The third kappa shape index (κ3) is 3.68. The summed E-state index contributed by atoms with van der Waals surface area (Å²) < 4.78 is 16.4. The van der Waals surface area contributed by atoms with Crippen molar-refractivity contribution in [2.45, 2.75) is 26.8 Å². The number of furan rings is 1. The molecule has 0 fully saturated rings. The van der Waals surface area contributed by atoms with E-state index in [9.17, 15) is 9.59 Å². The molecule has 4 rings (SSSR count). The second kappa shape index (κ2) is 8.49. The summed E-state index contributed by atoms with van der Waals surface area (Å²) in [5.74, 6) is -0.0918. The molecule has 0 spiro atoms. The highest BCUT2D eigenvalue weighted by molar-refractivity contribution is 7.17. The highest BCUT2D eigenvalue weighted by Crippen LogP contribution is 2.38. The molecule has 3 heterocycles. The average Bonchev–Trinajstić information content (AvgIpc) is 3.34. The van der Waals surface area contributed by atoms with Gasteiger partial charge in [-0.05, 0) is 37.6 Å². The van der Waals surface area contributed by atoms with E-state index < -0.39 is 11.9 Å². The van der Waals surface area contributed by atoms with Crippen LogP contribution in [0.25, 0.3) is 11.0 Å². The van der Waals surface area contributed by atoms with Crippen molar-refractivity contribution in [3.05, 3.63) is 46.0 Å². The number of thiophene rings is 1. The smallest absolute Gasteiger partial charge is 0.341 e. The minimum absolute atomic E-state index is 0.162. The van der Waals surface area contributed by atoms with Crippen molar-refractivity contribution in [2.75, 3.05) is 32.1 Å². The molecule has 0 unspecified atom stereocenters. The van der Waals surface area contributed by atoms with E-state index >= 15 is 0 Å². The molecule has 0 saturated heterocycles. The lowest BCUT2D eigenvalue weighted by Gasteiger charge is -2.25. The van der Waals surface area contributed by atoms with Crippen LogP contribution in [-0.4, -0.2) is 43.6 Å². The zero-order valence-electron chi connectivity index (χ0n) is 17.2. The summed E-state index contributed by atoms with van der Waals surface area (Å²) in [6.45, 7) is 7.08. The maximum Gasteiger partial charge on any atom is 0.341 e. The molecule has 0 aliphatic carbocycles. The number of carbonyl (C=O) groups excluding carboxylic acids is 2. The predicted octanol–water partition coefficient (Wildman–Crippen LogP) is 4.31. The standard InChI is InChI=1S/C22H24N2O5S/c1-4-24-10-9-14-17(12-24)30-21(18(14)22(26)27-3)23-20(25)16-11-13-7-6-8-15(28-5-2)19(13)29-16/h6-8,11H,4-5,9-10,12H2,1-3H3,(H,23,25). The van der Waals surface area contributed by atoms with Gasteiger partial charge in [0.05, 0.1) is 19.3 Å². The molecular formula is C22H24N2O5S. The summed E-state index contributed by atoms with van der Waals surface area (Å²) >= 11 is 1.43. The van der Waals surface area contributed by atoms with Crippen LogP contribution in [0.2, 0.25) is 0 Å². The fourth-order valence-electron chi connectivity index (χ4n) is 3.71. The van der Waals surface area contributed by atoms with Crippen LogP contribution in [0.15, 0.2) is 28.7 Å². The molecule has 3 aromatic rings. The zero-order chi connectivity index (χ0) is 21.3. The van der Waals surface area contributed by atoms with Gasteiger partial charge < -0.3 is 19.2 Å². The molecule has 0 radical (unpaired) electrons. The molecule has 0 atom stereocenters. The molecule has 8 heteroatoms. The zero-order valence-corrected chi connectivity index (χ0v) is 18.1. The Morgan fingerprint density at radius 3 is 2.87 bits per heavy atom. The first-order valence-electron chi connectivity index (χ1n) is 9.97. The van der Waals surface area contributed by atoms with Crippen LogP contribution in [0, 0.1) is 0 Å². The molecular weight excluding hydrogens is 404 g/mol. The number of benzene rings is 1. The first-order chi connectivity index (χ1) is 14.5. The second-order valence-electron chi connectivity index (χ2n) is 6.99. The molecule has 1 aliphatic rings. The number of carbonyl (C=O) groups is 2. The van der Waals surface area contributed by atoms with Crippen molar-refractivity contribution in [3.63, 3.8) is 0 Å². The van der Waals surface area contributed by atoms with E-state index in [0.29, 0.717) is 28.5 Å². The highest BCUT2D eigenvalue weighted by Gasteiger charge is 2.29. The monoisotopic (exact) mass is 428 g/mol. The number of hydrogen-bond donors (Lipinski definition) is 1. The van der Waals surface area contributed by atoms with Gasteiger partial charge in [0, 0.05) is 23.4 Å². The Balaban J connectivity index is 1.66. The normalized spacial score (nSPS) is 13.8. The number of ether oxygens (including phenoxy) is 2. The summed E-state index contributed by atoms with van der Waals surface area (Å²) in [4.78, 5) is 28.8. The highest BCUT2D eigenvalue weighted by atomic mass is 32.1. The van der Waals surface area contributed by atoms with Crippen LogP contribution in [0.1, 0.15) is 45.2 Å². The number of hydrogen-bond acceptors (Lipinski definition) is 7. The van der Waals surface area contributed by atoms with E-state index in [0.717, 1.165) is 41.9 Å². The van der Waals surface area contributed by atoms with Crippen LogP contribution in [0.3, 0.4) is 0 Å². The Labute approximate surface area is 178 Å². The molecule has 1 aromatic carbocycles. The number of anilines is 1. The number of amides is 1. The van der Waals surface area contributed by atoms with Crippen molar-refractivity contribution in [2.24, 2.45) is 0 Å². The summed E-state index contributed by atoms with van der Waals surface area (Å²) in [7, 11) is 1.35. The Bertz CT molecular complexity index is 1100. The van der Waals surface area contributed by atoms with E-state index in [1.54, 1.807) is 12.1 Å². The van der Waals surface area contributed by atoms with Gasteiger partial charge in [-0.3, -0.25) is 9.69 Å². The van der Waals surface area contributed by atoms with Gasteiger partial charge in [0.2, 0.25) is 0 Å². The van der Waals surface area contributed by atoms with E-state index in [2.05, 4.69) is 17.1 Å². The van der Waals surface area contributed by atoms with E-state index in [-0.39, 0.29) is 5.76 Å². The molecule has 1 aliphatic heterocycles. The van der Waals surface area contributed by atoms with Gasteiger partial charge in [0.25, 0.3) is 5.91 Å². The van der Waals surface area contributed by atoms with Crippen molar-refractivity contribution in [1.82, 2.24) is 4.90 Å². The maximum absolute atomic E-state index is 12.9. The minimum Gasteiger partial charge on any atom is -0.490 e. The van der Waals surface area contributed by atoms with Gasteiger partial charge in [-0.25, -0.2) is 4.79 Å². The number of fused-ring (bicyclic) bond motifs is 2. The first kappa shape index (κ1) is 20.4. The van der Waals surface area contributed by atoms with Crippen LogP contribution < -0.4 is 10.1 Å². The Kier molecular flexibility index (Phi) is 5.78. The lowest BCUT2D eigenvalue weighted by Crippen LogP contribution is -2.29. The SMILES string of the molecule is CCOc1cccc2cc(C(=O)Nc3sc4c(c3C(=O)OC)CCN(CC)C4)oc12. The summed E-state index contributed by atoms with van der Waals surface area (Å²) in [5.41, 5.74) is 1.95. The van der Waals surface area contributed by atoms with E-state index in [4.69, 9.17) is 13.9 Å². The molecule has 1 amide bonds. The second-order valence-corrected chi connectivity index (χ2v) is 8.10. The fraction of sp³-hybridized carbons (Fsp3) is 0.364. The van der Waals surface area contributed by atoms with Gasteiger partial charge in [0.1, 0.15) is 5.00 Å². The molecule has 0 saturated carbocycles. The first-order valence-corrected chi connectivity index (χ1v) is 10.8. The van der Waals surface area contributed by atoms with E-state index in [1.807, 2.05) is 19.1 Å². The van der Waals surface area contributed by atoms with Crippen LogP contribution in [0.5, 0.6) is 5.75 Å². The van der Waals surface area contributed by atoms with Crippen LogP contribution in [-0.2, 0) is 17.7 Å². The van der Waals surface area contributed by atoms with Gasteiger partial charge in [-0.15, -0.1) is 11.3 Å². The van der Waals surface area contributed by atoms with Crippen molar-refractivity contribution < 1.29 is 23.5 Å². The van der Waals surface area contributed by atoms with Gasteiger partial charge in [0.15, 0.2) is 17.1 Å². The number of esters is 1. The van der Waals surface area contributed by atoms with Gasteiger partial charge >= 0.3 is 5.97 Å². The lowest BCUT2D eigenvalue weighted by molar-refractivity contribution is 0.0600. The third-order valence-electron chi connectivity index (χ3n) is 5.23. The molecule has 158 valence electrons. The quantitative estimate of drug-likeness (QED) is 0.589. The summed E-state index contributed by atoms with van der Waals surface area (Å²) in [5, 5.41) is 4.15. The average molecular weight is 429 g/mol. The molecule has 0 bridgehead atoms. The molecule has 1 N–H and O–H groups in total. The Morgan fingerprint density at radius 2 is 2.13 bits per heavy atom. The summed E-state index contributed by atoms with van der Waals surface area (Å²) in [6, 6.07) is 7.20. The topological polar surface area (TPSA) is 81.0 Å². The Hall–Kier alpha value is -2.84. The van der Waals surface area contributed by atoms with Gasteiger partial charge in [-0.1, -0.05) is 19.1 Å². The number of methoxy groups -OCH3 is 1. The van der Waals surface area contributed by atoms with Crippen molar-refractivity contribution in [3.8, 4) is 5.75 Å². The maximum atomic E-state index is 12.9. The van der Waals surface area contributed by atoms with Crippen LogP contribution >= 0.6 is 11.3 Å². The number of rotatable bonds is 6. The molecule has 7 nitrogen and oxygen atoms in total.